The van der Waals surface area contributed by atoms with Crippen LogP contribution in [0, 0.1) is 6.92 Å². The smallest absolute Gasteiger partial charge is 0.274 e. The Hall–Kier alpha value is -2.70. The molecule has 1 saturated heterocycles. The predicted octanol–water partition coefficient (Wildman–Crippen LogP) is 2.14. The van der Waals surface area contributed by atoms with Crippen molar-refractivity contribution in [2.45, 2.75) is 32.2 Å². The maximum Gasteiger partial charge on any atom is 0.274 e. The summed E-state index contributed by atoms with van der Waals surface area (Å²) in [6.45, 7) is 2.75. The first-order valence-corrected chi connectivity index (χ1v) is 8.25. The molecule has 4 rings (SSSR count). The summed E-state index contributed by atoms with van der Waals surface area (Å²) in [5.41, 5.74) is 3.27. The van der Waals surface area contributed by atoms with Crippen LogP contribution < -0.4 is 0 Å². The van der Waals surface area contributed by atoms with Crippen molar-refractivity contribution >= 4 is 11.6 Å². The van der Waals surface area contributed by atoms with E-state index < -0.39 is 0 Å². The number of piperidine rings is 1. The molecule has 1 aliphatic rings. The number of carbonyl (C=O) groups excluding carboxylic acids is 1. The van der Waals surface area contributed by atoms with Gasteiger partial charge in [0, 0.05) is 31.5 Å². The topological polar surface area (TPSA) is 68.3 Å². The van der Waals surface area contributed by atoms with Gasteiger partial charge in [-0.25, -0.2) is 9.50 Å². The fraction of sp³-hybridized carbons (Fsp3) is 0.412. The molecule has 1 fully saturated rings. The molecule has 124 valence electrons. The van der Waals surface area contributed by atoms with Crippen LogP contribution in [0.2, 0.25) is 0 Å². The molecular formula is C17H20N6O. The molecule has 0 saturated carbocycles. The molecule has 0 aliphatic carbocycles. The largest absolute Gasteiger partial charge is 0.329 e. The van der Waals surface area contributed by atoms with Gasteiger partial charge < -0.3 is 4.90 Å². The van der Waals surface area contributed by atoms with Gasteiger partial charge in [-0.3, -0.25) is 9.48 Å². The predicted molar refractivity (Wildman–Crippen MR) is 88.6 cm³/mol. The lowest BCUT2D eigenvalue weighted by Crippen LogP contribution is -2.39. The van der Waals surface area contributed by atoms with Gasteiger partial charge in [-0.2, -0.15) is 10.2 Å². The summed E-state index contributed by atoms with van der Waals surface area (Å²) in [5.74, 6) is -0.0202. The van der Waals surface area contributed by atoms with Crippen LogP contribution in [-0.4, -0.2) is 41.7 Å². The minimum atomic E-state index is -0.0202. The molecule has 0 aromatic carbocycles. The monoisotopic (exact) mass is 324 g/mol. The van der Waals surface area contributed by atoms with Gasteiger partial charge in [0.15, 0.2) is 5.65 Å². The van der Waals surface area contributed by atoms with Crippen LogP contribution in [0.3, 0.4) is 0 Å². The van der Waals surface area contributed by atoms with Crippen LogP contribution in [-0.2, 0) is 7.05 Å². The second-order valence-electron chi connectivity index (χ2n) is 6.31. The van der Waals surface area contributed by atoms with Gasteiger partial charge in [0.2, 0.25) is 0 Å². The van der Waals surface area contributed by atoms with Gasteiger partial charge in [-0.05, 0) is 38.3 Å². The Morgan fingerprint density at radius 1 is 1.29 bits per heavy atom. The minimum Gasteiger partial charge on any atom is -0.329 e. The standard InChI is InChI=1S/C17H20N6O/c1-12-11-14(19-16-6-8-18-23(12)16)15-5-3-4-9-22(15)17(24)13-7-10-21(2)20-13/h6-8,10-11,15H,3-5,9H2,1-2H3/t15-/m1/s1. The Kier molecular flexibility index (Phi) is 3.55. The summed E-state index contributed by atoms with van der Waals surface area (Å²) in [7, 11) is 1.82. The third kappa shape index (κ3) is 2.46. The molecule has 0 unspecified atom stereocenters. The Morgan fingerprint density at radius 3 is 2.96 bits per heavy atom. The number of hydrogen-bond donors (Lipinski definition) is 0. The van der Waals surface area contributed by atoms with E-state index in [0.29, 0.717) is 5.69 Å². The van der Waals surface area contributed by atoms with Crippen molar-refractivity contribution in [3.63, 3.8) is 0 Å². The number of hydrogen-bond acceptors (Lipinski definition) is 4. The van der Waals surface area contributed by atoms with E-state index in [9.17, 15) is 4.79 Å². The van der Waals surface area contributed by atoms with Crippen LogP contribution in [0.1, 0.15) is 47.2 Å². The Morgan fingerprint density at radius 2 is 2.17 bits per heavy atom. The summed E-state index contributed by atoms with van der Waals surface area (Å²) >= 11 is 0. The number of rotatable bonds is 2. The number of likely N-dealkylation sites (tertiary alicyclic amines) is 1. The van der Waals surface area contributed by atoms with Gasteiger partial charge in [0.1, 0.15) is 5.69 Å². The second kappa shape index (κ2) is 5.74. The van der Waals surface area contributed by atoms with Crippen molar-refractivity contribution in [1.29, 1.82) is 0 Å². The maximum atomic E-state index is 12.9. The van der Waals surface area contributed by atoms with Crippen LogP contribution >= 0.6 is 0 Å². The van der Waals surface area contributed by atoms with E-state index in [1.54, 1.807) is 23.1 Å². The average Bonchev–Trinajstić information content (AvgIpc) is 3.23. The average molecular weight is 324 g/mol. The van der Waals surface area contributed by atoms with E-state index in [4.69, 9.17) is 4.98 Å². The SMILES string of the molecule is Cc1cc([C@H]2CCCCN2C(=O)c2ccn(C)n2)nc2ccnn12. The normalized spacial score (nSPS) is 18.2. The second-order valence-corrected chi connectivity index (χ2v) is 6.31. The van der Waals surface area contributed by atoms with Crippen molar-refractivity contribution in [3.05, 3.63) is 47.7 Å². The fourth-order valence-electron chi connectivity index (χ4n) is 3.42. The van der Waals surface area contributed by atoms with Crippen LogP contribution in [0.15, 0.2) is 30.6 Å². The molecule has 0 bridgehead atoms. The highest BCUT2D eigenvalue weighted by Gasteiger charge is 2.31. The molecule has 7 heteroatoms. The third-order valence-corrected chi connectivity index (χ3v) is 4.60. The third-order valence-electron chi connectivity index (χ3n) is 4.60. The Balaban J connectivity index is 1.71. The molecule has 3 aromatic rings. The fourth-order valence-corrected chi connectivity index (χ4v) is 3.42. The number of aryl methyl sites for hydroxylation is 2. The number of carbonyl (C=O) groups is 1. The first kappa shape index (κ1) is 14.9. The van der Waals surface area contributed by atoms with Crippen molar-refractivity contribution in [1.82, 2.24) is 29.3 Å². The molecule has 1 atom stereocenters. The highest BCUT2D eigenvalue weighted by molar-refractivity contribution is 5.92. The van der Waals surface area contributed by atoms with Gasteiger partial charge in [0.05, 0.1) is 17.9 Å². The molecular weight excluding hydrogens is 304 g/mol. The molecule has 4 heterocycles. The maximum absolute atomic E-state index is 12.9. The minimum absolute atomic E-state index is 0.00754. The highest BCUT2D eigenvalue weighted by Crippen LogP contribution is 2.31. The lowest BCUT2D eigenvalue weighted by atomic mass is 9.98. The molecule has 0 radical (unpaired) electrons. The van der Waals surface area contributed by atoms with Gasteiger partial charge in [0.25, 0.3) is 5.91 Å². The van der Waals surface area contributed by atoms with E-state index in [1.165, 1.54) is 0 Å². The quantitative estimate of drug-likeness (QED) is 0.724. The number of nitrogens with zero attached hydrogens (tertiary/aromatic N) is 6. The number of amides is 1. The number of fused-ring (bicyclic) bond motifs is 1. The van der Waals surface area contributed by atoms with Crippen LogP contribution in [0.5, 0.6) is 0 Å². The van der Waals surface area contributed by atoms with Crippen molar-refractivity contribution in [3.8, 4) is 0 Å². The van der Waals surface area contributed by atoms with E-state index in [-0.39, 0.29) is 11.9 Å². The molecule has 24 heavy (non-hydrogen) atoms. The summed E-state index contributed by atoms with van der Waals surface area (Å²) in [4.78, 5) is 19.5. The van der Waals surface area contributed by atoms with E-state index in [1.807, 2.05) is 35.5 Å². The molecule has 1 amide bonds. The van der Waals surface area contributed by atoms with Crippen LogP contribution in [0.4, 0.5) is 0 Å². The lowest BCUT2D eigenvalue weighted by molar-refractivity contribution is 0.0599. The molecule has 1 aliphatic heterocycles. The molecule has 7 nitrogen and oxygen atoms in total. The van der Waals surface area contributed by atoms with Crippen LogP contribution in [0.25, 0.3) is 5.65 Å². The molecule has 0 N–H and O–H groups in total. The van der Waals surface area contributed by atoms with E-state index >= 15 is 0 Å². The van der Waals surface area contributed by atoms with E-state index in [2.05, 4.69) is 10.2 Å². The zero-order valence-electron chi connectivity index (χ0n) is 13.9. The first-order valence-electron chi connectivity index (χ1n) is 8.25. The summed E-state index contributed by atoms with van der Waals surface area (Å²) in [6.07, 6.45) is 6.59. The Bertz CT molecular complexity index is 896. The summed E-state index contributed by atoms with van der Waals surface area (Å²) < 4.78 is 3.48. The number of aromatic nitrogens is 5. The molecule has 3 aromatic heterocycles. The zero-order chi connectivity index (χ0) is 16.7. The Labute approximate surface area is 139 Å². The summed E-state index contributed by atoms with van der Waals surface area (Å²) in [6, 6.07) is 5.69. The van der Waals surface area contributed by atoms with Gasteiger partial charge in [-0.1, -0.05) is 0 Å². The van der Waals surface area contributed by atoms with Crippen molar-refractivity contribution in [2.75, 3.05) is 6.54 Å². The van der Waals surface area contributed by atoms with Gasteiger partial charge in [-0.15, -0.1) is 0 Å². The van der Waals surface area contributed by atoms with Gasteiger partial charge >= 0.3 is 0 Å². The zero-order valence-corrected chi connectivity index (χ0v) is 13.9. The lowest BCUT2D eigenvalue weighted by Gasteiger charge is -2.35. The van der Waals surface area contributed by atoms with Crippen molar-refractivity contribution < 1.29 is 4.79 Å². The van der Waals surface area contributed by atoms with E-state index in [0.717, 1.165) is 42.8 Å². The highest BCUT2D eigenvalue weighted by atomic mass is 16.2. The molecule has 0 spiro atoms. The first-order chi connectivity index (χ1) is 11.6. The van der Waals surface area contributed by atoms with Crippen molar-refractivity contribution in [2.24, 2.45) is 7.05 Å². The summed E-state index contributed by atoms with van der Waals surface area (Å²) in [5, 5.41) is 8.53.